The fraction of sp³-hybridized carbons (Fsp3) is 0.682. The summed E-state index contributed by atoms with van der Waals surface area (Å²) in [4.78, 5) is 14.1. The van der Waals surface area contributed by atoms with Gasteiger partial charge in [-0.15, -0.1) is 0 Å². The predicted octanol–water partition coefficient (Wildman–Crippen LogP) is 4.04. The topological polar surface area (TPSA) is 46.6 Å². The largest absolute Gasteiger partial charge is 0.461 e. The van der Waals surface area contributed by atoms with E-state index in [-0.39, 0.29) is 22.7 Å². The molecule has 1 aromatic rings. The summed E-state index contributed by atoms with van der Waals surface area (Å²) in [5.74, 6) is 0.355. The number of hydrogen-bond donors (Lipinski definition) is 0. The Labute approximate surface area is 167 Å². The summed E-state index contributed by atoms with van der Waals surface area (Å²) in [5.41, 5.74) is 2.49. The van der Waals surface area contributed by atoms with Crippen LogP contribution in [0.4, 0.5) is 0 Å². The van der Waals surface area contributed by atoms with Crippen LogP contribution in [0.25, 0.3) is 0 Å². The van der Waals surface area contributed by atoms with Gasteiger partial charge in [0.25, 0.3) is 0 Å². The molecule has 0 aliphatic heterocycles. The fourth-order valence-corrected chi connectivity index (χ4v) is 5.11. The van der Waals surface area contributed by atoms with E-state index in [1.54, 1.807) is 0 Å². The van der Waals surface area contributed by atoms with Crippen molar-refractivity contribution < 1.29 is 13.7 Å². The van der Waals surface area contributed by atoms with Crippen molar-refractivity contribution in [1.82, 2.24) is 4.90 Å². The lowest BCUT2D eigenvalue weighted by Crippen LogP contribution is -2.38. The molecule has 0 N–H and O–H groups in total. The Morgan fingerprint density at radius 2 is 1.78 bits per heavy atom. The Kier molecular flexibility index (Phi) is 8.04. The number of benzene rings is 1. The molecule has 0 bridgehead atoms. The molecule has 152 valence electrons. The fourth-order valence-electron chi connectivity index (χ4n) is 3.41. The third-order valence-electron chi connectivity index (χ3n) is 5.15. The summed E-state index contributed by atoms with van der Waals surface area (Å²) < 4.78 is 18.7. The van der Waals surface area contributed by atoms with E-state index in [9.17, 15) is 9.00 Å². The van der Waals surface area contributed by atoms with Gasteiger partial charge in [-0.3, -0.25) is 9.00 Å². The summed E-state index contributed by atoms with van der Waals surface area (Å²) in [6.07, 6.45) is 3.98. The molecule has 2 rings (SSSR count). The molecule has 1 aliphatic carbocycles. The maximum absolute atomic E-state index is 13.0. The quantitative estimate of drug-likeness (QED) is 0.656. The first-order chi connectivity index (χ1) is 12.7. The highest BCUT2D eigenvalue weighted by Crippen LogP contribution is 2.28. The maximum Gasteiger partial charge on any atom is 0.307 e. The lowest BCUT2D eigenvalue weighted by molar-refractivity contribution is -0.150. The number of ether oxygens (including phenoxy) is 1. The van der Waals surface area contributed by atoms with Crippen molar-refractivity contribution in [2.24, 2.45) is 0 Å². The van der Waals surface area contributed by atoms with Crippen molar-refractivity contribution >= 4 is 16.8 Å². The third-order valence-corrected chi connectivity index (χ3v) is 6.99. The van der Waals surface area contributed by atoms with E-state index < -0.39 is 10.8 Å². The molecule has 4 nitrogen and oxygen atoms in total. The lowest BCUT2D eigenvalue weighted by Gasteiger charge is -2.30. The van der Waals surface area contributed by atoms with Crippen LogP contribution in [-0.4, -0.2) is 47.1 Å². The Morgan fingerprint density at radius 3 is 2.37 bits per heavy atom. The van der Waals surface area contributed by atoms with Gasteiger partial charge < -0.3 is 9.64 Å². The van der Waals surface area contributed by atoms with Crippen LogP contribution in [0.15, 0.2) is 24.3 Å². The van der Waals surface area contributed by atoms with Crippen molar-refractivity contribution in [2.75, 3.05) is 20.6 Å². The summed E-state index contributed by atoms with van der Waals surface area (Å²) in [5, 5.41) is -0.0515. The predicted molar refractivity (Wildman–Crippen MR) is 112 cm³/mol. The number of carbonyl (C=O) groups is 1. The third kappa shape index (κ3) is 7.04. The minimum Gasteiger partial charge on any atom is -0.461 e. The van der Waals surface area contributed by atoms with E-state index in [4.69, 9.17) is 4.74 Å². The van der Waals surface area contributed by atoms with Gasteiger partial charge in [-0.2, -0.15) is 0 Å². The second kappa shape index (κ2) is 9.83. The molecular weight excluding hydrogens is 358 g/mol. The van der Waals surface area contributed by atoms with E-state index in [2.05, 4.69) is 45.0 Å². The smallest absolute Gasteiger partial charge is 0.307 e. The molecule has 5 heteroatoms. The molecule has 0 aromatic heterocycles. The van der Waals surface area contributed by atoms with E-state index >= 15 is 0 Å². The van der Waals surface area contributed by atoms with Crippen LogP contribution < -0.4 is 0 Å². The van der Waals surface area contributed by atoms with Gasteiger partial charge in [0.05, 0.1) is 11.7 Å². The zero-order valence-corrected chi connectivity index (χ0v) is 18.3. The van der Waals surface area contributed by atoms with Gasteiger partial charge in [0.2, 0.25) is 0 Å². The molecule has 0 spiro atoms. The molecule has 0 saturated heterocycles. The minimum absolute atomic E-state index is 0.0515. The number of nitrogens with zero attached hydrogens (tertiary/aromatic N) is 1. The van der Waals surface area contributed by atoms with Crippen LogP contribution >= 0.6 is 0 Å². The summed E-state index contributed by atoms with van der Waals surface area (Å²) in [7, 11) is 2.85. The lowest BCUT2D eigenvalue weighted by atomic mass is 9.87. The van der Waals surface area contributed by atoms with E-state index in [1.807, 2.05) is 19.0 Å². The Morgan fingerprint density at radius 1 is 1.15 bits per heavy atom. The average molecular weight is 394 g/mol. The minimum atomic E-state index is -1.03. The molecule has 3 atom stereocenters. The van der Waals surface area contributed by atoms with Gasteiger partial charge in [-0.05, 0) is 49.9 Å². The number of hydrogen-bond acceptors (Lipinski definition) is 4. The number of carbonyl (C=O) groups excluding carboxylic acids is 1. The van der Waals surface area contributed by atoms with E-state index in [0.717, 1.165) is 31.2 Å². The van der Waals surface area contributed by atoms with Crippen molar-refractivity contribution in [3.8, 4) is 0 Å². The second-order valence-electron chi connectivity index (χ2n) is 8.88. The number of esters is 1. The highest BCUT2D eigenvalue weighted by molar-refractivity contribution is 7.84. The van der Waals surface area contributed by atoms with E-state index in [0.29, 0.717) is 18.7 Å². The van der Waals surface area contributed by atoms with E-state index in [1.165, 1.54) is 5.56 Å². The first-order valence-corrected chi connectivity index (χ1v) is 11.4. The van der Waals surface area contributed by atoms with Crippen molar-refractivity contribution in [3.63, 3.8) is 0 Å². The molecular formula is C22H35NO3S. The Balaban J connectivity index is 1.97. The zero-order chi connectivity index (χ0) is 20.0. The van der Waals surface area contributed by atoms with Gasteiger partial charge in [0.15, 0.2) is 0 Å². The molecule has 1 saturated carbocycles. The summed E-state index contributed by atoms with van der Waals surface area (Å²) in [6.45, 7) is 7.26. The molecule has 1 aliphatic rings. The highest BCUT2D eigenvalue weighted by atomic mass is 32.2. The van der Waals surface area contributed by atoms with Gasteiger partial charge in [-0.1, -0.05) is 51.5 Å². The van der Waals surface area contributed by atoms with Crippen LogP contribution in [0.2, 0.25) is 0 Å². The zero-order valence-electron chi connectivity index (χ0n) is 17.5. The van der Waals surface area contributed by atoms with Crippen LogP contribution in [0.5, 0.6) is 0 Å². The van der Waals surface area contributed by atoms with Gasteiger partial charge in [0, 0.05) is 23.1 Å². The second-order valence-corrected chi connectivity index (χ2v) is 10.5. The Bertz CT molecular complexity index is 634. The summed E-state index contributed by atoms with van der Waals surface area (Å²) >= 11 is 0. The van der Waals surface area contributed by atoms with Crippen molar-refractivity contribution in [1.29, 1.82) is 0 Å². The van der Waals surface area contributed by atoms with Crippen molar-refractivity contribution in [2.45, 2.75) is 75.4 Å². The molecule has 0 radical (unpaired) electrons. The maximum atomic E-state index is 13.0. The number of rotatable bonds is 7. The van der Waals surface area contributed by atoms with Gasteiger partial charge in [-0.25, -0.2) is 0 Å². The van der Waals surface area contributed by atoms with Crippen LogP contribution in [0.1, 0.15) is 64.0 Å². The SMILES string of the molecule is CN(C)CCC(=O)O[C@H]1CCCC[C@@H]1[S@@](=O)Cc1ccc(C(C)(C)C)cc1. The van der Waals surface area contributed by atoms with Crippen molar-refractivity contribution in [3.05, 3.63) is 35.4 Å². The normalized spacial score (nSPS) is 21.9. The first kappa shape index (κ1) is 22.1. The highest BCUT2D eigenvalue weighted by Gasteiger charge is 2.32. The van der Waals surface area contributed by atoms with Gasteiger partial charge >= 0.3 is 5.97 Å². The standard InChI is InChI=1S/C22H35NO3S/c1-22(2,3)18-12-10-17(11-13-18)16-27(25)20-9-7-6-8-19(20)26-21(24)14-15-23(4)5/h10-13,19-20H,6-9,14-16H2,1-5H3/t19-,20-,27-/m0/s1. The molecule has 1 aromatic carbocycles. The van der Waals surface area contributed by atoms with Crippen LogP contribution in [-0.2, 0) is 31.5 Å². The van der Waals surface area contributed by atoms with Crippen LogP contribution in [0.3, 0.4) is 0 Å². The molecule has 0 heterocycles. The average Bonchev–Trinajstić information content (AvgIpc) is 2.60. The monoisotopic (exact) mass is 393 g/mol. The molecule has 0 unspecified atom stereocenters. The first-order valence-electron chi connectivity index (χ1n) is 9.97. The molecule has 0 amide bonds. The molecule has 27 heavy (non-hydrogen) atoms. The molecule has 1 fully saturated rings. The van der Waals surface area contributed by atoms with Gasteiger partial charge in [0.1, 0.15) is 6.10 Å². The Hall–Kier alpha value is -1.20. The van der Waals surface area contributed by atoms with Crippen LogP contribution in [0, 0.1) is 0 Å². The summed E-state index contributed by atoms with van der Waals surface area (Å²) in [6, 6.07) is 8.43.